The number of carbonyl (C=O) groups is 2. The van der Waals surface area contributed by atoms with Crippen molar-refractivity contribution >= 4 is 22.8 Å². The summed E-state index contributed by atoms with van der Waals surface area (Å²) in [5.41, 5.74) is 4.11. The van der Waals surface area contributed by atoms with Gasteiger partial charge in [0.25, 0.3) is 0 Å². The van der Waals surface area contributed by atoms with Crippen LogP contribution in [0.25, 0.3) is 22.4 Å². The second-order valence-electron chi connectivity index (χ2n) is 6.69. The number of aryl methyl sites for hydroxylation is 1. The SMILES string of the molecule is Cc1ccc(-c2nc3ccc(C(=O)OCC(=O)c4ccc(F)cc4)cc3[nH]2)cc1. The van der Waals surface area contributed by atoms with Crippen LogP contribution in [0.4, 0.5) is 4.39 Å². The second-order valence-corrected chi connectivity index (χ2v) is 6.69. The van der Waals surface area contributed by atoms with Crippen molar-refractivity contribution in [3.05, 3.63) is 89.2 Å². The van der Waals surface area contributed by atoms with Gasteiger partial charge in [-0.05, 0) is 49.4 Å². The zero-order valence-electron chi connectivity index (χ0n) is 15.6. The van der Waals surface area contributed by atoms with E-state index in [-0.39, 0.29) is 5.56 Å². The number of halogens is 1. The molecule has 1 heterocycles. The van der Waals surface area contributed by atoms with Gasteiger partial charge >= 0.3 is 5.97 Å². The third kappa shape index (κ3) is 4.06. The van der Waals surface area contributed by atoms with Gasteiger partial charge in [0.2, 0.25) is 0 Å². The fourth-order valence-corrected chi connectivity index (χ4v) is 2.92. The van der Waals surface area contributed by atoms with E-state index in [0.717, 1.165) is 16.6 Å². The summed E-state index contributed by atoms with van der Waals surface area (Å²) >= 11 is 0. The normalized spacial score (nSPS) is 10.8. The maximum absolute atomic E-state index is 12.9. The van der Waals surface area contributed by atoms with Crippen LogP contribution in [0.5, 0.6) is 0 Å². The van der Waals surface area contributed by atoms with E-state index in [1.807, 2.05) is 31.2 Å². The minimum atomic E-state index is -0.617. The molecule has 0 fully saturated rings. The minimum Gasteiger partial charge on any atom is -0.454 e. The number of ether oxygens (including phenoxy) is 1. The molecule has 0 atom stereocenters. The Morgan fingerprint density at radius 2 is 1.66 bits per heavy atom. The molecule has 5 nitrogen and oxygen atoms in total. The molecule has 4 aromatic rings. The van der Waals surface area contributed by atoms with Crippen molar-refractivity contribution in [1.29, 1.82) is 0 Å². The van der Waals surface area contributed by atoms with Gasteiger partial charge in [0.15, 0.2) is 12.4 Å². The molecule has 0 aliphatic rings. The van der Waals surface area contributed by atoms with Gasteiger partial charge in [0, 0.05) is 11.1 Å². The number of ketones is 1. The number of carbonyl (C=O) groups excluding carboxylic acids is 2. The summed E-state index contributed by atoms with van der Waals surface area (Å²) in [6, 6.07) is 18.0. The highest BCUT2D eigenvalue weighted by atomic mass is 19.1. The first-order chi connectivity index (χ1) is 14.0. The van der Waals surface area contributed by atoms with E-state index in [9.17, 15) is 14.0 Å². The number of Topliss-reactive ketones (excluding diaryl/α,β-unsaturated/α-hetero) is 1. The number of hydrogen-bond donors (Lipinski definition) is 1. The zero-order chi connectivity index (χ0) is 20.4. The minimum absolute atomic E-state index is 0.283. The second kappa shape index (κ2) is 7.67. The van der Waals surface area contributed by atoms with Crippen LogP contribution in [0.15, 0.2) is 66.7 Å². The van der Waals surface area contributed by atoms with Gasteiger partial charge in [0.1, 0.15) is 11.6 Å². The van der Waals surface area contributed by atoms with E-state index >= 15 is 0 Å². The Balaban J connectivity index is 1.48. The van der Waals surface area contributed by atoms with E-state index in [1.54, 1.807) is 18.2 Å². The van der Waals surface area contributed by atoms with Crippen molar-refractivity contribution in [2.45, 2.75) is 6.92 Å². The van der Waals surface area contributed by atoms with E-state index in [2.05, 4.69) is 9.97 Å². The number of nitrogens with one attached hydrogen (secondary N) is 1. The monoisotopic (exact) mass is 388 g/mol. The number of fused-ring (bicyclic) bond motifs is 1. The van der Waals surface area contributed by atoms with Crippen LogP contribution in [0.2, 0.25) is 0 Å². The first kappa shape index (κ1) is 18.6. The molecule has 0 bridgehead atoms. The lowest BCUT2D eigenvalue weighted by molar-refractivity contribution is 0.0475. The van der Waals surface area contributed by atoms with Gasteiger partial charge in [-0.2, -0.15) is 0 Å². The number of hydrogen-bond acceptors (Lipinski definition) is 4. The van der Waals surface area contributed by atoms with Gasteiger partial charge < -0.3 is 9.72 Å². The van der Waals surface area contributed by atoms with Crippen LogP contribution >= 0.6 is 0 Å². The summed E-state index contributed by atoms with van der Waals surface area (Å²) in [5.74, 6) is -0.745. The standard InChI is InChI=1S/C23H17FN2O3/c1-14-2-4-16(5-3-14)22-25-19-11-8-17(12-20(19)26-22)23(28)29-13-21(27)15-6-9-18(24)10-7-15/h2-12H,13H2,1H3,(H,25,26). The Labute approximate surface area is 166 Å². The highest BCUT2D eigenvalue weighted by Crippen LogP contribution is 2.22. The fraction of sp³-hybridized carbons (Fsp3) is 0.0870. The molecule has 0 unspecified atom stereocenters. The molecule has 3 aromatic carbocycles. The maximum Gasteiger partial charge on any atom is 0.338 e. The average Bonchev–Trinajstić information content (AvgIpc) is 3.16. The Hall–Kier alpha value is -3.80. The van der Waals surface area contributed by atoms with Crippen LogP contribution < -0.4 is 0 Å². The highest BCUT2D eigenvalue weighted by molar-refractivity contribution is 6.00. The Kier molecular flexibility index (Phi) is 4.91. The summed E-state index contributed by atoms with van der Waals surface area (Å²) in [5, 5.41) is 0. The molecule has 1 aromatic heterocycles. The first-order valence-corrected chi connectivity index (χ1v) is 9.02. The van der Waals surface area contributed by atoms with Crippen molar-refractivity contribution in [2.75, 3.05) is 6.61 Å². The lowest BCUT2D eigenvalue weighted by Crippen LogP contribution is -2.14. The molecule has 0 saturated heterocycles. The smallest absolute Gasteiger partial charge is 0.338 e. The van der Waals surface area contributed by atoms with Gasteiger partial charge in [-0.3, -0.25) is 4.79 Å². The lowest BCUT2D eigenvalue weighted by Gasteiger charge is -2.04. The zero-order valence-corrected chi connectivity index (χ0v) is 15.6. The van der Waals surface area contributed by atoms with Crippen LogP contribution in [0.1, 0.15) is 26.3 Å². The topological polar surface area (TPSA) is 72.0 Å². The predicted octanol–water partition coefficient (Wildman–Crippen LogP) is 4.72. The van der Waals surface area contributed by atoms with Gasteiger partial charge in [-0.1, -0.05) is 29.8 Å². The van der Waals surface area contributed by atoms with Crippen molar-refractivity contribution in [3.8, 4) is 11.4 Å². The molecule has 0 aliphatic carbocycles. The van der Waals surface area contributed by atoms with E-state index in [1.165, 1.54) is 24.3 Å². The number of benzene rings is 3. The number of imidazole rings is 1. The highest BCUT2D eigenvalue weighted by Gasteiger charge is 2.14. The van der Waals surface area contributed by atoms with Gasteiger partial charge in [-0.25, -0.2) is 14.2 Å². The molecule has 0 radical (unpaired) electrons. The molecule has 4 rings (SSSR count). The third-order valence-electron chi connectivity index (χ3n) is 4.54. The fourth-order valence-electron chi connectivity index (χ4n) is 2.92. The third-order valence-corrected chi connectivity index (χ3v) is 4.54. The molecular formula is C23H17FN2O3. The quantitative estimate of drug-likeness (QED) is 0.397. The van der Waals surface area contributed by atoms with Gasteiger partial charge in [-0.15, -0.1) is 0 Å². The van der Waals surface area contributed by atoms with Crippen LogP contribution in [-0.2, 0) is 4.74 Å². The number of esters is 1. The summed E-state index contributed by atoms with van der Waals surface area (Å²) < 4.78 is 18.0. The van der Waals surface area contributed by atoms with Gasteiger partial charge in [0.05, 0.1) is 16.6 Å². The molecule has 29 heavy (non-hydrogen) atoms. The van der Waals surface area contributed by atoms with Crippen molar-refractivity contribution < 1.29 is 18.7 Å². The Bertz CT molecular complexity index is 1200. The molecule has 6 heteroatoms. The number of aromatic amines is 1. The number of rotatable bonds is 5. The predicted molar refractivity (Wildman–Crippen MR) is 107 cm³/mol. The summed E-state index contributed by atoms with van der Waals surface area (Å²) in [6.45, 7) is 1.60. The van der Waals surface area contributed by atoms with E-state index in [0.29, 0.717) is 16.9 Å². The van der Waals surface area contributed by atoms with Crippen LogP contribution in [-0.4, -0.2) is 28.3 Å². The molecule has 0 saturated carbocycles. The molecule has 1 N–H and O–H groups in total. The van der Waals surface area contributed by atoms with Crippen molar-refractivity contribution in [2.24, 2.45) is 0 Å². The molecule has 0 spiro atoms. The maximum atomic E-state index is 12.9. The summed E-state index contributed by atoms with van der Waals surface area (Å²) in [4.78, 5) is 32.1. The molecule has 144 valence electrons. The van der Waals surface area contributed by atoms with E-state index < -0.39 is 24.2 Å². The van der Waals surface area contributed by atoms with Crippen LogP contribution in [0, 0.1) is 12.7 Å². The summed E-state index contributed by atoms with van der Waals surface area (Å²) in [6.07, 6.45) is 0. The summed E-state index contributed by atoms with van der Waals surface area (Å²) in [7, 11) is 0. The number of H-pyrrole nitrogens is 1. The first-order valence-electron chi connectivity index (χ1n) is 9.02. The average molecular weight is 388 g/mol. The molecule has 0 aliphatic heterocycles. The van der Waals surface area contributed by atoms with E-state index in [4.69, 9.17) is 4.74 Å². The van der Waals surface area contributed by atoms with Crippen LogP contribution in [0.3, 0.4) is 0 Å². The van der Waals surface area contributed by atoms with Crippen molar-refractivity contribution in [1.82, 2.24) is 9.97 Å². The Morgan fingerprint density at radius 1 is 0.966 bits per heavy atom. The molecule has 0 amide bonds. The molecular weight excluding hydrogens is 371 g/mol. The lowest BCUT2D eigenvalue weighted by atomic mass is 10.1. The number of nitrogens with zero attached hydrogens (tertiary/aromatic N) is 1. The van der Waals surface area contributed by atoms with Crippen molar-refractivity contribution in [3.63, 3.8) is 0 Å². The largest absolute Gasteiger partial charge is 0.454 e. The Morgan fingerprint density at radius 3 is 2.38 bits per heavy atom. The number of aromatic nitrogens is 2.